The average molecular weight is 433 g/mol. The van der Waals surface area contributed by atoms with Crippen LogP contribution in [0.15, 0.2) is 42.5 Å². The van der Waals surface area contributed by atoms with Gasteiger partial charge in [-0.3, -0.25) is 9.10 Å². The van der Waals surface area contributed by atoms with Crippen LogP contribution in [-0.2, 0) is 14.8 Å². The van der Waals surface area contributed by atoms with Crippen molar-refractivity contribution in [3.8, 4) is 5.75 Å². The first kappa shape index (κ1) is 23.7. The smallest absolute Gasteiger partial charge is 0.232 e. The van der Waals surface area contributed by atoms with Crippen molar-refractivity contribution in [3.05, 3.63) is 59.2 Å². The third-order valence-electron chi connectivity index (χ3n) is 5.20. The molecule has 0 aliphatic heterocycles. The number of aryl methyl sites for hydroxylation is 2. The van der Waals surface area contributed by atoms with E-state index in [0.29, 0.717) is 17.9 Å². The second kappa shape index (κ2) is 10.5. The molecule has 0 bridgehead atoms. The molecule has 1 unspecified atom stereocenters. The van der Waals surface area contributed by atoms with E-state index in [2.05, 4.69) is 31.3 Å². The first-order valence-corrected chi connectivity index (χ1v) is 12.0. The fourth-order valence-corrected chi connectivity index (χ4v) is 4.25. The molecule has 0 saturated heterocycles. The van der Waals surface area contributed by atoms with E-state index in [4.69, 9.17) is 4.74 Å². The summed E-state index contributed by atoms with van der Waals surface area (Å²) in [5, 5.41) is 3.07. The fraction of sp³-hybridized carbons (Fsp3) is 0.435. The van der Waals surface area contributed by atoms with E-state index >= 15 is 0 Å². The molecule has 1 amide bonds. The Bertz CT molecular complexity index is 956. The SMILES string of the molecule is CCC(NC(=O)CCCN(c1ccc(OC)cc1)S(C)(=O)=O)c1ccc(C)c(C)c1. The van der Waals surface area contributed by atoms with Gasteiger partial charge in [0.05, 0.1) is 25.1 Å². The highest BCUT2D eigenvalue weighted by atomic mass is 32.2. The summed E-state index contributed by atoms with van der Waals surface area (Å²) < 4.78 is 30.9. The van der Waals surface area contributed by atoms with Gasteiger partial charge < -0.3 is 10.1 Å². The molecule has 0 saturated carbocycles. The maximum Gasteiger partial charge on any atom is 0.232 e. The summed E-state index contributed by atoms with van der Waals surface area (Å²) in [5.41, 5.74) is 4.06. The summed E-state index contributed by atoms with van der Waals surface area (Å²) in [7, 11) is -1.90. The molecule has 0 aliphatic rings. The van der Waals surface area contributed by atoms with Gasteiger partial charge in [0.25, 0.3) is 0 Å². The number of nitrogens with zero attached hydrogens (tertiary/aromatic N) is 1. The molecule has 2 aromatic carbocycles. The summed E-state index contributed by atoms with van der Waals surface area (Å²) in [5.74, 6) is 0.576. The number of carbonyl (C=O) groups excluding carboxylic acids is 1. The van der Waals surface area contributed by atoms with Crippen LogP contribution in [0.5, 0.6) is 5.75 Å². The van der Waals surface area contributed by atoms with Crippen LogP contribution in [0.4, 0.5) is 5.69 Å². The van der Waals surface area contributed by atoms with E-state index in [9.17, 15) is 13.2 Å². The number of carbonyl (C=O) groups is 1. The van der Waals surface area contributed by atoms with Gasteiger partial charge >= 0.3 is 0 Å². The summed E-state index contributed by atoms with van der Waals surface area (Å²) in [6.07, 6.45) is 2.64. The Balaban J connectivity index is 1.98. The van der Waals surface area contributed by atoms with Crippen LogP contribution in [0.2, 0.25) is 0 Å². The normalized spacial score (nSPS) is 12.3. The Labute approximate surface area is 180 Å². The lowest BCUT2D eigenvalue weighted by molar-refractivity contribution is -0.121. The maximum atomic E-state index is 12.5. The van der Waals surface area contributed by atoms with Gasteiger partial charge in [0.15, 0.2) is 0 Å². The van der Waals surface area contributed by atoms with Gasteiger partial charge in [0.2, 0.25) is 15.9 Å². The molecule has 0 radical (unpaired) electrons. The van der Waals surface area contributed by atoms with Gasteiger partial charge in [-0.2, -0.15) is 0 Å². The van der Waals surface area contributed by atoms with Crippen molar-refractivity contribution in [2.24, 2.45) is 0 Å². The van der Waals surface area contributed by atoms with Crippen molar-refractivity contribution in [3.63, 3.8) is 0 Å². The number of amides is 1. The zero-order valence-corrected chi connectivity index (χ0v) is 19.3. The molecule has 0 fully saturated rings. The van der Waals surface area contributed by atoms with Crippen LogP contribution < -0.4 is 14.4 Å². The van der Waals surface area contributed by atoms with E-state index in [1.54, 1.807) is 31.4 Å². The van der Waals surface area contributed by atoms with E-state index < -0.39 is 10.0 Å². The molecular weight excluding hydrogens is 400 g/mol. The first-order valence-electron chi connectivity index (χ1n) is 10.1. The van der Waals surface area contributed by atoms with Crippen molar-refractivity contribution in [1.29, 1.82) is 0 Å². The Morgan fingerprint density at radius 1 is 1.10 bits per heavy atom. The highest BCUT2D eigenvalue weighted by Gasteiger charge is 2.19. The molecule has 0 aliphatic carbocycles. The summed E-state index contributed by atoms with van der Waals surface area (Å²) in [4.78, 5) is 12.5. The Hall–Kier alpha value is -2.54. The topological polar surface area (TPSA) is 75.7 Å². The molecule has 30 heavy (non-hydrogen) atoms. The zero-order chi connectivity index (χ0) is 22.3. The van der Waals surface area contributed by atoms with E-state index in [1.807, 2.05) is 13.0 Å². The van der Waals surface area contributed by atoms with Crippen molar-refractivity contribution in [1.82, 2.24) is 5.32 Å². The van der Waals surface area contributed by atoms with Crippen LogP contribution in [0.3, 0.4) is 0 Å². The van der Waals surface area contributed by atoms with Crippen molar-refractivity contribution in [2.75, 3.05) is 24.2 Å². The van der Waals surface area contributed by atoms with Crippen molar-refractivity contribution < 1.29 is 17.9 Å². The van der Waals surface area contributed by atoms with Gasteiger partial charge in [-0.15, -0.1) is 0 Å². The van der Waals surface area contributed by atoms with Gasteiger partial charge in [-0.05, 0) is 67.6 Å². The number of sulfonamides is 1. The van der Waals surface area contributed by atoms with Crippen molar-refractivity contribution in [2.45, 2.75) is 46.1 Å². The Morgan fingerprint density at radius 3 is 2.30 bits per heavy atom. The lowest BCUT2D eigenvalue weighted by atomic mass is 9.99. The van der Waals surface area contributed by atoms with E-state index in [1.165, 1.54) is 21.7 Å². The molecule has 1 atom stereocenters. The molecule has 164 valence electrons. The highest BCUT2D eigenvalue weighted by Crippen LogP contribution is 2.23. The minimum absolute atomic E-state index is 0.0515. The van der Waals surface area contributed by atoms with E-state index in [0.717, 1.165) is 12.0 Å². The third-order valence-corrected chi connectivity index (χ3v) is 6.40. The second-order valence-corrected chi connectivity index (χ2v) is 9.42. The summed E-state index contributed by atoms with van der Waals surface area (Å²) in [6, 6.07) is 13.0. The predicted molar refractivity (Wildman–Crippen MR) is 122 cm³/mol. The number of methoxy groups -OCH3 is 1. The molecule has 0 spiro atoms. The quantitative estimate of drug-likeness (QED) is 0.613. The number of benzene rings is 2. The van der Waals surface area contributed by atoms with Crippen molar-refractivity contribution >= 4 is 21.6 Å². The van der Waals surface area contributed by atoms with Crippen LogP contribution in [0, 0.1) is 13.8 Å². The number of hydrogen-bond donors (Lipinski definition) is 1. The number of hydrogen-bond acceptors (Lipinski definition) is 4. The molecule has 2 aromatic rings. The zero-order valence-electron chi connectivity index (χ0n) is 18.4. The first-order chi connectivity index (χ1) is 14.2. The Morgan fingerprint density at radius 2 is 1.77 bits per heavy atom. The Kier molecular flexibility index (Phi) is 8.29. The highest BCUT2D eigenvalue weighted by molar-refractivity contribution is 7.92. The lowest BCUT2D eigenvalue weighted by Gasteiger charge is -2.23. The van der Waals surface area contributed by atoms with Crippen LogP contribution in [-0.4, -0.2) is 34.2 Å². The summed E-state index contributed by atoms with van der Waals surface area (Å²) >= 11 is 0. The number of rotatable bonds is 10. The lowest BCUT2D eigenvalue weighted by Crippen LogP contribution is -2.33. The van der Waals surface area contributed by atoms with Crippen LogP contribution in [0.25, 0.3) is 0 Å². The van der Waals surface area contributed by atoms with Gasteiger partial charge in [-0.25, -0.2) is 8.42 Å². The average Bonchev–Trinajstić information content (AvgIpc) is 2.71. The second-order valence-electron chi connectivity index (χ2n) is 7.51. The number of ether oxygens (including phenoxy) is 1. The third kappa shape index (κ3) is 6.49. The molecular formula is C23H32N2O4S. The largest absolute Gasteiger partial charge is 0.497 e. The number of anilines is 1. The molecule has 1 N–H and O–H groups in total. The van der Waals surface area contributed by atoms with Gasteiger partial charge in [0.1, 0.15) is 5.75 Å². The molecule has 2 rings (SSSR count). The molecule has 0 aromatic heterocycles. The van der Waals surface area contributed by atoms with Gasteiger partial charge in [-0.1, -0.05) is 25.1 Å². The number of nitrogens with one attached hydrogen (secondary N) is 1. The minimum Gasteiger partial charge on any atom is -0.497 e. The maximum absolute atomic E-state index is 12.5. The van der Waals surface area contributed by atoms with Crippen LogP contribution in [0.1, 0.15) is 48.9 Å². The van der Waals surface area contributed by atoms with E-state index in [-0.39, 0.29) is 24.9 Å². The standard InChI is InChI=1S/C23H32N2O4S/c1-6-22(19-10-9-17(2)18(3)16-19)24-23(26)8-7-15-25(30(5,27)28)20-11-13-21(29-4)14-12-20/h9-14,16,22H,6-8,15H2,1-5H3,(H,24,26). The molecule has 7 heteroatoms. The van der Waals surface area contributed by atoms with Crippen LogP contribution >= 0.6 is 0 Å². The predicted octanol–water partition coefficient (Wildman–Crippen LogP) is 4.13. The molecule has 0 heterocycles. The monoisotopic (exact) mass is 432 g/mol. The fourth-order valence-electron chi connectivity index (χ4n) is 3.29. The van der Waals surface area contributed by atoms with Gasteiger partial charge in [0, 0.05) is 13.0 Å². The molecule has 6 nitrogen and oxygen atoms in total. The minimum atomic E-state index is -3.45. The summed E-state index contributed by atoms with van der Waals surface area (Å²) in [6.45, 7) is 6.40.